The SMILES string of the molecule is COCCOC(=O)C1C2CC(O)CCC2N(C)C1C. The quantitative estimate of drug-likeness (QED) is 0.601. The van der Waals surface area contributed by atoms with E-state index in [1.165, 1.54) is 0 Å². The smallest absolute Gasteiger partial charge is 0.310 e. The van der Waals surface area contributed by atoms with Gasteiger partial charge in [-0.05, 0) is 39.2 Å². The Hall–Kier alpha value is -0.650. The summed E-state index contributed by atoms with van der Waals surface area (Å²) in [5, 5.41) is 9.85. The molecule has 5 atom stereocenters. The van der Waals surface area contributed by atoms with Crippen LogP contribution in [-0.2, 0) is 14.3 Å². The molecule has 1 saturated heterocycles. The van der Waals surface area contributed by atoms with Crippen LogP contribution >= 0.6 is 0 Å². The lowest BCUT2D eigenvalue weighted by Crippen LogP contribution is -2.37. The van der Waals surface area contributed by atoms with Gasteiger partial charge in [-0.2, -0.15) is 0 Å². The molecule has 0 aromatic heterocycles. The van der Waals surface area contributed by atoms with Crippen molar-refractivity contribution in [1.29, 1.82) is 0 Å². The molecule has 0 aromatic carbocycles. The number of hydrogen-bond acceptors (Lipinski definition) is 5. The topological polar surface area (TPSA) is 59.0 Å². The Kier molecular flexibility index (Phi) is 4.81. The summed E-state index contributed by atoms with van der Waals surface area (Å²) in [6.07, 6.45) is 2.25. The molecule has 2 rings (SSSR count). The summed E-state index contributed by atoms with van der Waals surface area (Å²) in [5.41, 5.74) is 0. The van der Waals surface area contributed by atoms with Crippen molar-refractivity contribution < 1.29 is 19.4 Å². The van der Waals surface area contributed by atoms with Gasteiger partial charge in [0.25, 0.3) is 0 Å². The molecule has 5 nitrogen and oxygen atoms in total. The van der Waals surface area contributed by atoms with E-state index in [1.54, 1.807) is 7.11 Å². The van der Waals surface area contributed by atoms with Crippen molar-refractivity contribution in [2.45, 2.75) is 44.4 Å². The highest BCUT2D eigenvalue weighted by atomic mass is 16.6. The molecule has 1 saturated carbocycles. The van der Waals surface area contributed by atoms with Crippen molar-refractivity contribution in [2.75, 3.05) is 27.4 Å². The van der Waals surface area contributed by atoms with Gasteiger partial charge in [-0.3, -0.25) is 9.69 Å². The van der Waals surface area contributed by atoms with Gasteiger partial charge in [0.05, 0.1) is 18.6 Å². The summed E-state index contributed by atoms with van der Waals surface area (Å²) in [7, 11) is 3.66. The molecule has 0 aromatic rings. The first-order valence-electron chi connectivity index (χ1n) is 7.11. The third-order valence-electron chi connectivity index (χ3n) is 4.78. The second kappa shape index (κ2) is 6.20. The van der Waals surface area contributed by atoms with Crippen LogP contribution in [-0.4, -0.2) is 61.5 Å². The fourth-order valence-corrected chi connectivity index (χ4v) is 3.66. The van der Waals surface area contributed by atoms with Gasteiger partial charge >= 0.3 is 5.97 Å². The minimum Gasteiger partial charge on any atom is -0.463 e. The average Bonchev–Trinajstić information content (AvgIpc) is 2.62. The van der Waals surface area contributed by atoms with Crippen molar-refractivity contribution in [3.63, 3.8) is 0 Å². The maximum absolute atomic E-state index is 12.3. The summed E-state index contributed by atoms with van der Waals surface area (Å²) in [6, 6.07) is 0.578. The number of methoxy groups -OCH3 is 1. The predicted octanol–water partition coefficient (Wildman–Crippen LogP) is 0.656. The highest BCUT2D eigenvalue weighted by Gasteiger charge is 2.51. The molecule has 1 aliphatic carbocycles. The van der Waals surface area contributed by atoms with Crippen LogP contribution in [0, 0.1) is 11.8 Å². The number of aliphatic hydroxyl groups is 1. The highest BCUT2D eigenvalue weighted by Crippen LogP contribution is 2.43. The van der Waals surface area contributed by atoms with Crippen LogP contribution in [0.2, 0.25) is 0 Å². The van der Waals surface area contributed by atoms with Crippen LogP contribution in [0.1, 0.15) is 26.2 Å². The molecule has 0 radical (unpaired) electrons. The number of ether oxygens (including phenoxy) is 2. The second-order valence-electron chi connectivity index (χ2n) is 5.79. The molecule has 19 heavy (non-hydrogen) atoms. The van der Waals surface area contributed by atoms with Crippen LogP contribution in [0.15, 0.2) is 0 Å². The Morgan fingerprint density at radius 1 is 1.37 bits per heavy atom. The van der Waals surface area contributed by atoms with Crippen molar-refractivity contribution in [2.24, 2.45) is 11.8 Å². The number of rotatable bonds is 4. The Labute approximate surface area is 114 Å². The molecular formula is C14H25NO4. The number of likely N-dealkylation sites (tertiary alicyclic amines) is 1. The van der Waals surface area contributed by atoms with E-state index in [0.29, 0.717) is 25.7 Å². The molecule has 0 spiro atoms. The Morgan fingerprint density at radius 3 is 2.79 bits per heavy atom. The van der Waals surface area contributed by atoms with Gasteiger partial charge in [-0.15, -0.1) is 0 Å². The number of hydrogen-bond donors (Lipinski definition) is 1. The van der Waals surface area contributed by atoms with Crippen LogP contribution in [0.4, 0.5) is 0 Å². The number of esters is 1. The molecular weight excluding hydrogens is 246 g/mol. The van der Waals surface area contributed by atoms with Gasteiger partial charge in [0, 0.05) is 19.2 Å². The van der Waals surface area contributed by atoms with E-state index < -0.39 is 0 Å². The molecule has 1 N–H and O–H groups in total. The first-order chi connectivity index (χ1) is 9.06. The van der Waals surface area contributed by atoms with E-state index in [9.17, 15) is 9.90 Å². The van der Waals surface area contributed by atoms with Crippen molar-refractivity contribution in [3.8, 4) is 0 Å². The molecule has 2 aliphatic rings. The third kappa shape index (κ3) is 2.93. The third-order valence-corrected chi connectivity index (χ3v) is 4.78. The first kappa shape index (κ1) is 14.8. The lowest BCUT2D eigenvalue weighted by Gasteiger charge is -2.33. The van der Waals surface area contributed by atoms with E-state index in [1.807, 2.05) is 0 Å². The van der Waals surface area contributed by atoms with Crippen molar-refractivity contribution >= 4 is 5.97 Å². The van der Waals surface area contributed by atoms with Crippen LogP contribution in [0.25, 0.3) is 0 Å². The first-order valence-corrected chi connectivity index (χ1v) is 7.11. The van der Waals surface area contributed by atoms with Gasteiger partial charge in [-0.25, -0.2) is 0 Å². The zero-order valence-corrected chi connectivity index (χ0v) is 12.0. The number of nitrogens with zero attached hydrogens (tertiary/aromatic N) is 1. The standard InChI is InChI=1S/C14H25NO4/c1-9-13(14(17)19-7-6-18-3)11-8-10(16)4-5-12(11)15(9)2/h9-13,16H,4-8H2,1-3H3. The molecule has 2 fully saturated rings. The fourth-order valence-electron chi connectivity index (χ4n) is 3.66. The van der Waals surface area contributed by atoms with Crippen molar-refractivity contribution in [1.82, 2.24) is 4.90 Å². The largest absolute Gasteiger partial charge is 0.463 e. The molecule has 110 valence electrons. The number of fused-ring (bicyclic) bond motifs is 1. The summed E-state index contributed by atoms with van der Waals surface area (Å²) in [4.78, 5) is 14.5. The average molecular weight is 271 g/mol. The predicted molar refractivity (Wildman–Crippen MR) is 70.7 cm³/mol. The van der Waals surface area contributed by atoms with Crippen LogP contribution in [0.3, 0.4) is 0 Å². The molecule has 0 bridgehead atoms. The molecule has 1 aliphatic heterocycles. The maximum Gasteiger partial charge on any atom is 0.310 e. The summed E-state index contributed by atoms with van der Waals surface area (Å²) < 4.78 is 10.2. The van der Waals surface area contributed by atoms with Crippen LogP contribution < -0.4 is 0 Å². The second-order valence-corrected chi connectivity index (χ2v) is 5.79. The minimum absolute atomic E-state index is 0.123. The monoisotopic (exact) mass is 271 g/mol. The van der Waals surface area contributed by atoms with Crippen molar-refractivity contribution in [3.05, 3.63) is 0 Å². The zero-order valence-electron chi connectivity index (χ0n) is 12.0. The van der Waals surface area contributed by atoms with Crippen LogP contribution in [0.5, 0.6) is 0 Å². The normalized spacial score (nSPS) is 39.1. The van der Waals surface area contributed by atoms with E-state index >= 15 is 0 Å². The van der Waals surface area contributed by atoms with Gasteiger partial charge in [0.15, 0.2) is 0 Å². The minimum atomic E-state index is -0.269. The maximum atomic E-state index is 12.3. The van der Waals surface area contributed by atoms with Gasteiger partial charge in [0.2, 0.25) is 0 Å². The Bertz CT molecular complexity index is 323. The van der Waals surface area contributed by atoms with E-state index in [2.05, 4.69) is 18.9 Å². The lowest BCUT2D eigenvalue weighted by molar-refractivity contribution is -0.152. The number of carbonyl (C=O) groups is 1. The summed E-state index contributed by atoms with van der Waals surface area (Å²) in [5.74, 6) is -0.0430. The lowest BCUT2D eigenvalue weighted by atomic mass is 9.77. The highest BCUT2D eigenvalue weighted by molar-refractivity contribution is 5.74. The Balaban J connectivity index is 2.03. The molecule has 1 heterocycles. The summed E-state index contributed by atoms with van der Waals surface area (Å²) >= 11 is 0. The van der Waals surface area contributed by atoms with E-state index in [-0.39, 0.29) is 30.0 Å². The number of aliphatic hydroxyl groups excluding tert-OH is 1. The van der Waals surface area contributed by atoms with E-state index in [0.717, 1.165) is 12.8 Å². The molecule has 5 unspecified atom stereocenters. The molecule has 0 amide bonds. The summed E-state index contributed by atoms with van der Waals surface area (Å²) in [6.45, 7) is 2.81. The zero-order chi connectivity index (χ0) is 14.0. The van der Waals surface area contributed by atoms with Gasteiger partial charge in [0.1, 0.15) is 6.61 Å². The van der Waals surface area contributed by atoms with E-state index in [4.69, 9.17) is 9.47 Å². The number of carbonyl (C=O) groups excluding carboxylic acids is 1. The Morgan fingerprint density at radius 2 is 2.11 bits per heavy atom. The fraction of sp³-hybridized carbons (Fsp3) is 0.929. The van der Waals surface area contributed by atoms with Gasteiger partial charge in [-0.1, -0.05) is 0 Å². The molecule has 5 heteroatoms. The van der Waals surface area contributed by atoms with Gasteiger partial charge < -0.3 is 14.6 Å².